The first kappa shape index (κ1) is 17.9. The van der Waals surface area contributed by atoms with E-state index in [2.05, 4.69) is 53.6 Å². The van der Waals surface area contributed by atoms with Gasteiger partial charge in [0.1, 0.15) is 0 Å². The fourth-order valence-corrected chi connectivity index (χ4v) is 3.62. The highest BCUT2D eigenvalue weighted by molar-refractivity contribution is 5.82. The zero-order chi connectivity index (χ0) is 17.8. The van der Waals surface area contributed by atoms with Gasteiger partial charge in [-0.3, -0.25) is 14.5 Å². The highest BCUT2D eigenvalue weighted by atomic mass is 16.2. The Balaban J connectivity index is 1.36. The monoisotopic (exact) mass is 343 g/mol. The van der Waals surface area contributed by atoms with Gasteiger partial charge in [0.15, 0.2) is 0 Å². The van der Waals surface area contributed by atoms with Crippen molar-refractivity contribution in [2.45, 2.75) is 45.2 Å². The van der Waals surface area contributed by atoms with E-state index in [4.69, 9.17) is 0 Å². The number of rotatable bonds is 7. The quantitative estimate of drug-likeness (QED) is 0.797. The lowest BCUT2D eigenvalue weighted by Gasteiger charge is -2.24. The number of carbonyl (C=O) groups is 2. The highest BCUT2D eigenvalue weighted by Crippen LogP contribution is 2.37. The first-order valence-electron chi connectivity index (χ1n) is 9.40. The van der Waals surface area contributed by atoms with Gasteiger partial charge in [0.05, 0.1) is 0 Å². The lowest BCUT2D eigenvalue weighted by Crippen LogP contribution is -2.39. The molecule has 0 aromatic heterocycles. The number of benzene rings is 1. The largest absolute Gasteiger partial charge is 0.355 e. The lowest BCUT2D eigenvalue weighted by atomic mass is 10.1. The number of likely N-dealkylation sites (tertiary alicyclic amines) is 1. The second kappa shape index (κ2) is 8.00. The van der Waals surface area contributed by atoms with Crippen LogP contribution in [0.2, 0.25) is 0 Å². The fourth-order valence-electron chi connectivity index (χ4n) is 3.62. The van der Waals surface area contributed by atoms with E-state index in [1.165, 1.54) is 5.56 Å². The molecule has 136 valence electrons. The molecule has 2 amide bonds. The molecule has 5 heteroatoms. The van der Waals surface area contributed by atoms with Crippen molar-refractivity contribution in [3.8, 4) is 0 Å². The van der Waals surface area contributed by atoms with Crippen LogP contribution >= 0.6 is 0 Å². The smallest absolute Gasteiger partial charge is 0.223 e. The molecule has 1 aliphatic heterocycles. The minimum absolute atomic E-state index is 0.0309. The second-order valence-corrected chi connectivity index (χ2v) is 7.50. The molecule has 0 bridgehead atoms. The van der Waals surface area contributed by atoms with E-state index in [0.717, 1.165) is 25.9 Å². The normalized spacial score (nSPS) is 26.9. The van der Waals surface area contributed by atoms with Crippen molar-refractivity contribution in [3.05, 3.63) is 35.9 Å². The molecular formula is C20H29N3O2. The molecule has 0 spiro atoms. The minimum atomic E-state index is 0.0309. The van der Waals surface area contributed by atoms with Crippen molar-refractivity contribution in [1.82, 2.24) is 15.5 Å². The average molecular weight is 343 g/mol. The number of nitrogens with one attached hydrogen (secondary N) is 2. The van der Waals surface area contributed by atoms with Crippen LogP contribution < -0.4 is 10.6 Å². The number of carbonyl (C=O) groups excluding carboxylic acids is 2. The Morgan fingerprint density at radius 2 is 2.00 bits per heavy atom. The van der Waals surface area contributed by atoms with E-state index >= 15 is 0 Å². The Labute approximate surface area is 150 Å². The molecule has 1 saturated carbocycles. The topological polar surface area (TPSA) is 61.4 Å². The third kappa shape index (κ3) is 4.82. The summed E-state index contributed by atoms with van der Waals surface area (Å²) in [5.74, 6) is 0.809. The zero-order valence-electron chi connectivity index (χ0n) is 15.2. The van der Waals surface area contributed by atoms with E-state index in [0.29, 0.717) is 24.9 Å². The molecule has 0 unspecified atom stereocenters. The first-order chi connectivity index (χ1) is 12.0. The Morgan fingerprint density at radius 3 is 2.68 bits per heavy atom. The number of amides is 2. The summed E-state index contributed by atoms with van der Waals surface area (Å²) >= 11 is 0. The summed E-state index contributed by atoms with van der Waals surface area (Å²) in [6.07, 6.45) is 2.32. The molecule has 4 atom stereocenters. The Hall–Kier alpha value is -1.88. The summed E-state index contributed by atoms with van der Waals surface area (Å²) in [7, 11) is 0. The third-order valence-electron chi connectivity index (χ3n) is 5.51. The molecule has 2 N–H and O–H groups in total. The fraction of sp³-hybridized carbons (Fsp3) is 0.600. The van der Waals surface area contributed by atoms with Crippen LogP contribution in [0.25, 0.3) is 0 Å². The summed E-state index contributed by atoms with van der Waals surface area (Å²) < 4.78 is 0. The highest BCUT2D eigenvalue weighted by Gasteiger charge is 2.38. The summed E-state index contributed by atoms with van der Waals surface area (Å²) in [5.41, 5.74) is 1.31. The standard InChI is InChI=1S/C20H29N3O2/c1-14-12-18(14)20(25)21-10-8-19(24)22-17-9-11-23(13-17)15(2)16-6-4-3-5-7-16/h3-7,14-15,17-18H,8-13H2,1-2H3,(H,21,25)(H,22,24)/t14-,15-,17+,18+/m1/s1. The van der Waals surface area contributed by atoms with Crippen LogP contribution in [0, 0.1) is 11.8 Å². The predicted octanol–water partition coefficient (Wildman–Crippen LogP) is 2.10. The summed E-state index contributed by atoms with van der Waals surface area (Å²) in [4.78, 5) is 26.3. The number of hydrogen-bond donors (Lipinski definition) is 2. The zero-order valence-corrected chi connectivity index (χ0v) is 15.2. The SMILES string of the molecule is C[C@@H]1C[C@@H]1C(=O)NCCC(=O)N[C@H]1CCN([C@H](C)c2ccccc2)C1. The van der Waals surface area contributed by atoms with Gasteiger partial charge < -0.3 is 10.6 Å². The van der Waals surface area contributed by atoms with Crippen molar-refractivity contribution < 1.29 is 9.59 Å². The molecule has 0 radical (unpaired) electrons. The van der Waals surface area contributed by atoms with Crippen molar-refractivity contribution in [1.29, 1.82) is 0 Å². The van der Waals surface area contributed by atoms with Gasteiger partial charge in [0.2, 0.25) is 11.8 Å². The average Bonchev–Trinajstić information content (AvgIpc) is 3.17. The maximum Gasteiger partial charge on any atom is 0.223 e. The van der Waals surface area contributed by atoms with Gasteiger partial charge in [-0.15, -0.1) is 0 Å². The van der Waals surface area contributed by atoms with Crippen LogP contribution in [0.5, 0.6) is 0 Å². The van der Waals surface area contributed by atoms with Gasteiger partial charge in [-0.1, -0.05) is 37.3 Å². The van der Waals surface area contributed by atoms with Gasteiger partial charge in [-0.05, 0) is 31.2 Å². The van der Waals surface area contributed by atoms with Crippen molar-refractivity contribution in [3.63, 3.8) is 0 Å². The maximum atomic E-state index is 12.1. The van der Waals surface area contributed by atoms with E-state index in [-0.39, 0.29) is 23.8 Å². The summed E-state index contributed by atoms with van der Waals surface area (Å²) in [6.45, 7) is 6.61. The number of nitrogens with zero attached hydrogens (tertiary/aromatic N) is 1. The molecule has 2 aliphatic rings. The maximum absolute atomic E-state index is 12.1. The summed E-state index contributed by atoms with van der Waals surface area (Å²) in [5, 5.41) is 5.98. The van der Waals surface area contributed by atoms with Crippen LogP contribution in [0.1, 0.15) is 44.7 Å². The molecule has 3 rings (SSSR count). The van der Waals surface area contributed by atoms with Crippen molar-refractivity contribution in [2.24, 2.45) is 11.8 Å². The third-order valence-corrected chi connectivity index (χ3v) is 5.51. The lowest BCUT2D eigenvalue weighted by molar-refractivity contribution is -0.123. The second-order valence-electron chi connectivity index (χ2n) is 7.50. The molecule has 1 aromatic carbocycles. The van der Waals surface area contributed by atoms with Crippen LogP contribution in [0.3, 0.4) is 0 Å². The molecule has 1 aliphatic carbocycles. The summed E-state index contributed by atoms with van der Waals surface area (Å²) in [6, 6.07) is 11.0. The Morgan fingerprint density at radius 1 is 1.28 bits per heavy atom. The molecule has 2 fully saturated rings. The van der Waals surface area contributed by atoms with Gasteiger partial charge in [0, 0.05) is 44.1 Å². The Kier molecular flexibility index (Phi) is 5.74. The van der Waals surface area contributed by atoms with Crippen molar-refractivity contribution in [2.75, 3.05) is 19.6 Å². The van der Waals surface area contributed by atoms with Crippen LogP contribution in [-0.2, 0) is 9.59 Å². The molecule has 1 saturated heterocycles. The molecule has 5 nitrogen and oxygen atoms in total. The van der Waals surface area contributed by atoms with E-state index in [1.807, 2.05) is 6.07 Å². The molecule has 25 heavy (non-hydrogen) atoms. The van der Waals surface area contributed by atoms with Gasteiger partial charge in [-0.25, -0.2) is 0 Å². The predicted molar refractivity (Wildman–Crippen MR) is 97.9 cm³/mol. The van der Waals surface area contributed by atoms with Gasteiger partial charge in [-0.2, -0.15) is 0 Å². The molecular weight excluding hydrogens is 314 g/mol. The van der Waals surface area contributed by atoms with Crippen molar-refractivity contribution >= 4 is 11.8 Å². The molecule has 1 heterocycles. The van der Waals surface area contributed by atoms with Crippen LogP contribution in [-0.4, -0.2) is 42.4 Å². The van der Waals surface area contributed by atoms with E-state index in [9.17, 15) is 9.59 Å². The van der Waals surface area contributed by atoms with Crippen LogP contribution in [0.15, 0.2) is 30.3 Å². The minimum Gasteiger partial charge on any atom is -0.355 e. The molecule has 1 aromatic rings. The van der Waals surface area contributed by atoms with Gasteiger partial charge in [0.25, 0.3) is 0 Å². The van der Waals surface area contributed by atoms with E-state index < -0.39 is 0 Å². The number of hydrogen-bond acceptors (Lipinski definition) is 3. The first-order valence-corrected chi connectivity index (χ1v) is 9.40. The van der Waals surface area contributed by atoms with Crippen LogP contribution in [0.4, 0.5) is 0 Å². The van der Waals surface area contributed by atoms with Gasteiger partial charge >= 0.3 is 0 Å². The van der Waals surface area contributed by atoms with E-state index in [1.54, 1.807) is 0 Å². The Bertz CT molecular complexity index is 604.